The Morgan fingerprint density at radius 2 is 2.19 bits per heavy atom. The number of hydrogen-bond acceptors (Lipinski definition) is 4. The summed E-state index contributed by atoms with van der Waals surface area (Å²) in [5.74, 6) is 1.02. The van der Waals surface area contributed by atoms with Crippen molar-refractivity contribution in [3.8, 4) is 0 Å². The van der Waals surface area contributed by atoms with Crippen molar-refractivity contribution >= 4 is 6.09 Å². The smallest absolute Gasteiger partial charge is 0.410 e. The molecule has 1 heterocycles. The highest BCUT2D eigenvalue weighted by molar-refractivity contribution is 5.67. The Morgan fingerprint density at radius 1 is 1.48 bits per heavy atom. The van der Waals surface area contributed by atoms with E-state index < -0.39 is 5.60 Å². The van der Waals surface area contributed by atoms with E-state index in [4.69, 9.17) is 4.74 Å². The van der Waals surface area contributed by atoms with Gasteiger partial charge in [0.25, 0.3) is 0 Å². The lowest BCUT2D eigenvalue weighted by Crippen LogP contribution is -2.38. The van der Waals surface area contributed by atoms with Crippen molar-refractivity contribution < 1.29 is 9.53 Å². The maximum absolute atomic E-state index is 11.8. The van der Waals surface area contributed by atoms with Gasteiger partial charge >= 0.3 is 6.09 Å². The van der Waals surface area contributed by atoms with Crippen molar-refractivity contribution in [3.05, 3.63) is 18.2 Å². The van der Waals surface area contributed by atoms with Crippen molar-refractivity contribution in [1.29, 1.82) is 0 Å². The minimum absolute atomic E-state index is 0.295. The van der Waals surface area contributed by atoms with E-state index in [0.717, 1.165) is 18.8 Å². The number of hydrogen-bond donors (Lipinski definition) is 1. The van der Waals surface area contributed by atoms with Crippen LogP contribution in [0.2, 0.25) is 0 Å². The number of carbonyl (C=O) groups is 1. The molecule has 0 spiro atoms. The first-order valence-corrected chi connectivity index (χ1v) is 7.48. The Kier molecular flexibility index (Phi) is 6.68. The Labute approximate surface area is 127 Å². The van der Waals surface area contributed by atoms with Crippen LogP contribution in [0.15, 0.2) is 12.4 Å². The molecule has 1 aromatic rings. The van der Waals surface area contributed by atoms with Gasteiger partial charge in [-0.05, 0) is 27.2 Å². The molecular formula is C15H28N4O2. The zero-order chi connectivity index (χ0) is 15.9. The normalized spacial score (nSPS) is 11.5. The van der Waals surface area contributed by atoms with Gasteiger partial charge in [0.05, 0.1) is 6.54 Å². The molecular weight excluding hydrogens is 268 g/mol. The monoisotopic (exact) mass is 296 g/mol. The Hall–Kier alpha value is -1.56. The van der Waals surface area contributed by atoms with Crippen LogP contribution in [0.1, 0.15) is 39.9 Å². The second kappa shape index (κ2) is 8.02. The topological polar surface area (TPSA) is 59.4 Å². The van der Waals surface area contributed by atoms with E-state index in [-0.39, 0.29) is 6.09 Å². The molecule has 0 aliphatic rings. The van der Waals surface area contributed by atoms with E-state index in [0.29, 0.717) is 19.6 Å². The molecule has 21 heavy (non-hydrogen) atoms. The number of carbonyl (C=O) groups excluding carboxylic acids is 1. The quantitative estimate of drug-likeness (QED) is 0.784. The van der Waals surface area contributed by atoms with E-state index in [2.05, 4.69) is 21.8 Å². The van der Waals surface area contributed by atoms with E-state index in [9.17, 15) is 4.79 Å². The van der Waals surface area contributed by atoms with Gasteiger partial charge in [-0.25, -0.2) is 9.78 Å². The minimum atomic E-state index is -0.455. The molecule has 6 heteroatoms. The Balaban J connectivity index is 2.27. The first-order valence-electron chi connectivity index (χ1n) is 7.48. The third kappa shape index (κ3) is 6.62. The number of rotatable bonds is 7. The van der Waals surface area contributed by atoms with E-state index in [1.807, 2.05) is 33.2 Å². The number of nitrogens with one attached hydrogen (secondary N) is 1. The van der Waals surface area contributed by atoms with Crippen LogP contribution in [0.25, 0.3) is 0 Å². The van der Waals surface area contributed by atoms with Crippen LogP contribution in [0.5, 0.6) is 0 Å². The fraction of sp³-hybridized carbons (Fsp3) is 0.733. The highest BCUT2D eigenvalue weighted by Crippen LogP contribution is 2.08. The van der Waals surface area contributed by atoms with Gasteiger partial charge in [0, 0.05) is 39.1 Å². The standard InChI is InChI=1S/C15H28N4O2/c1-6-9-19-11-8-17-13(19)12-16-7-10-18(5)14(20)21-15(2,3)4/h8,11,16H,6-7,9-10,12H2,1-5H3. The molecule has 0 aliphatic carbocycles. The zero-order valence-corrected chi connectivity index (χ0v) is 13.8. The average molecular weight is 296 g/mol. The second-order valence-electron chi connectivity index (χ2n) is 6.12. The molecule has 1 amide bonds. The largest absolute Gasteiger partial charge is 0.444 e. The molecule has 6 nitrogen and oxygen atoms in total. The lowest BCUT2D eigenvalue weighted by atomic mass is 10.2. The van der Waals surface area contributed by atoms with Gasteiger partial charge in [-0.2, -0.15) is 0 Å². The maximum Gasteiger partial charge on any atom is 0.410 e. The predicted molar refractivity (Wildman–Crippen MR) is 83.1 cm³/mol. The zero-order valence-electron chi connectivity index (χ0n) is 13.8. The van der Waals surface area contributed by atoms with Gasteiger partial charge < -0.3 is 19.5 Å². The summed E-state index contributed by atoms with van der Waals surface area (Å²) in [6.45, 7) is 10.7. The molecule has 1 rings (SSSR count). The third-order valence-electron chi connectivity index (χ3n) is 2.88. The van der Waals surface area contributed by atoms with Crippen LogP contribution < -0.4 is 5.32 Å². The summed E-state index contributed by atoms with van der Waals surface area (Å²) in [7, 11) is 1.74. The molecule has 0 aliphatic heterocycles. The summed E-state index contributed by atoms with van der Waals surface area (Å²) in [4.78, 5) is 17.7. The number of aryl methyl sites for hydroxylation is 1. The lowest BCUT2D eigenvalue weighted by Gasteiger charge is -2.24. The van der Waals surface area contributed by atoms with Crippen molar-refractivity contribution in [2.75, 3.05) is 20.1 Å². The summed E-state index contributed by atoms with van der Waals surface area (Å²) in [6, 6.07) is 0. The third-order valence-corrected chi connectivity index (χ3v) is 2.88. The average Bonchev–Trinajstić information content (AvgIpc) is 2.80. The maximum atomic E-state index is 11.8. The lowest BCUT2D eigenvalue weighted by molar-refractivity contribution is 0.0300. The predicted octanol–water partition coefficient (Wildman–Crippen LogP) is 2.25. The van der Waals surface area contributed by atoms with Crippen molar-refractivity contribution in [2.45, 2.75) is 52.8 Å². The number of ether oxygens (including phenoxy) is 1. The van der Waals surface area contributed by atoms with Crippen LogP contribution in [-0.2, 0) is 17.8 Å². The van der Waals surface area contributed by atoms with Gasteiger partial charge in [-0.15, -0.1) is 0 Å². The summed E-state index contributed by atoms with van der Waals surface area (Å²) < 4.78 is 7.44. The molecule has 0 saturated carbocycles. The first kappa shape index (κ1) is 17.5. The van der Waals surface area contributed by atoms with Crippen molar-refractivity contribution in [3.63, 3.8) is 0 Å². The Bertz CT molecular complexity index is 437. The molecule has 0 bridgehead atoms. The van der Waals surface area contributed by atoms with E-state index in [1.54, 1.807) is 11.9 Å². The van der Waals surface area contributed by atoms with Gasteiger partial charge in [0.15, 0.2) is 0 Å². The molecule has 0 saturated heterocycles. The Morgan fingerprint density at radius 3 is 2.81 bits per heavy atom. The first-order chi connectivity index (χ1) is 9.83. The van der Waals surface area contributed by atoms with Crippen LogP contribution in [0.4, 0.5) is 4.79 Å². The van der Waals surface area contributed by atoms with Crippen molar-refractivity contribution in [1.82, 2.24) is 19.8 Å². The molecule has 0 aromatic carbocycles. The van der Waals surface area contributed by atoms with Crippen molar-refractivity contribution in [2.24, 2.45) is 0 Å². The molecule has 0 fully saturated rings. The van der Waals surface area contributed by atoms with Crippen LogP contribution >= 0.6 is 0 Å². The van der Waals surface area contributed by atoms with E-state index >= 15 is 0 Å². The number of amides is 1. The highest BCUT2D eigenvalue weighted by atomic mass is 16.6. The number of nitrogens with zero attached hydrogens (tertiary/aromatic N) is 3. The SMILES string of the molecule is CCCn1ccnc1CNCCN(C)C(=O)OC(C)(C)C. The number of likely N-dealkylation sites (N-methyl/N-ethyl adjacent to an activating group) is 1. The van der Waals surface area contributed by atoms with Crippen LogP contribution in [0, 0.1) is 0 Å². The summed E-state index contributed by atoms with van der Waals surface area (Å²) in [5, 5.41) is 3.30. The van der Waals surface area contributed by atoms with Gasteiger partial charge in [-0.3, -0.25) is 0 Å². The van der Waals surface area contributed by atoms with Gasteiger partial charge in [-0.1, -0.05) is 6.92 Å². The fourth-order valence-corrected chi connectivity index (χ4v) is 1.83. The summed E-state index contributed by atoms with van der Waals surface area (Å²) in [5.41, 5.74) is -0.455. The van der Waals surface area contributed by atoms with E-state index in [1.165, 1.54) is 0 Å². The molecule has 0 unspecified atom stereocenters. The molecule has 0 radical (unpaired) electrons. The van der Waals surface area contributed by atoms with Crippen LogP contribution in [-0.4, -0.2) is 46.3 Å². The molecule has 1 aromatic heterocycles. The minimum Gasteiger partial charge on any atom is -0.444 e. The summed E-state index contributed by atoms with van der Waals surface area (Å²) >= 11 is 0. The van der Waals surface area contributed by atoms with Gasteiger partial charge in [0.2, 0.25) is 0 Å². The second-order valence-corrected chi connectivity index (χ2v) is 6.12. The highest BCUT2D eigenvalue weighted by Gasteiger charge is 2.19. The molecule has 120 valence electrons. The number of aromatic nitrogens is 2. The van der Waals surface area contributed by atoms with Crippen LogP contribution in [0.3, 0.4) is 0 Å². The molecule has 0 atom stereocenters. The van der Waals surface area contributed by atoms with Gasteiger partial charge in [0.1, 0.15) is 11.4 Å². The molecule has 1 N–H and O–H groups in total. The summed E-state index contributed by atoms with van der Waals surface area (Å²) in [6.07, 6.45) is 4.61. The fourth-order valence-electron chi connectivity index (χ4n) is 1.83. The number of imidazole rings is 1.